The van der Waals surface area contributed by atoms with Crippen molar-refractivity contribution in [2.75, 3.05) is 11.6 Å². The molecule has 8 heteroatoms. The summed E-state index contributed by atoms with van der Waals surface area (Å²) in [7, 11) is -3.23. The van der Waals surface area contributed by atoms with Gasteiger partial charge in [0.25, 0.3) is 0 Å². The van der Waals surface area contributed by atoms with Gasteiger partial charge in [0.05, 0.1) is 11.9 Å². The molecule has 0 radical (unpaired) electrons. The fourth-order valence-electron chi connectivity index (χ4n) is 2.31. The van der Waals surface area contributed by atoms with E-state index in [1.54, 1.807) is 36.4 Å². The van der Waals surface area contributed by atoms with Crippen LogP contribution in [0.5, 0.6) is 0 Å². The molecule has 0 aliphatic rings. The van der Waals surface area contributed by atoms with Crippen molar-refractivity contribution in [1.82, 2.24) is 14.7 Å². The van der Waals surface area contributed by atoms with E-state index in [-0.39, 0.29) is 12.4 Å². The van der Waals surface area contributed by atoms with Crippen molar-refractivity contribution in [1.29, 1.82) is 0 Å². The van der Waals surface area contributed by atoms with Crippen LogP contribution < -0.4 is 10.0 Å². The standard InChI is InChI=1S/C18H17FN4O2S/c1-26(24,25)22-11-13-6-8-14(9-7-13)23-18-10-17(20-12-21-18)15-4-2-3-5-16(15)19/h2-10,12,22H,11H2,1H3,(H,20,21,23). The van der Waals surface area contributed by atoms with Crippen molar-refractivity contribution in [3.8, 4) is 11.3 Å². The lowest BCUT2D eigenvalue weighted by Crippen LogP contribution is -2.21. The molecule has 0 aliphatic heterocycles. The molecule has 1 heterocycles. The molecule has 2 N–H and O–H groups in total. The molecule has 0 saturated heterocycles. The van der Waals surface area contributed by atoms with Gasteiger partial charge in [-0.3, -0.25) is 0 Å². The maximum Gasteiger partial charge on any atom is 0.209 e. The van der Waals surface area contributed by atoms with Crippen LogP contribution in [0.3, 0.4) is 0 Å². The van der Waals surface area contributed by atoms with Crippen LogP contribution in [0.1, 0.15) is 5.56 Å². The minimum atomic E-state index is -3.23. The Hall–Kier alpha value is -2.84. The number of nitrogens with zero attached hydrogens (tertiary/aromatic N) is 2. The minimum Gasteiger partial charge on any atom is -0.340 e. The van der Waals surface area contributed by atoms with Crippen LogP contribution in [0, 0.1) is 5.82 Å². The maximum absolute atomic E-state index is 13.9. The number of benzene rings is 2. The molecule has 0 fully saturated rings. The Labute approximate surface area is 151 Å². The highest BCUT2D eigenvalue weighted by Crippen LogP contribution is 2.23. The molecular formula is C18H17FN4O2S. The Balaban J connectivity index is 1.73. The summed E-state index contributed by atoms with van der Waals surface area (Å²) < 4.78 is 38.6. The first kappa shape index (κ1) is 18.0. The van der Waals surface area contributed by atoms with E-state index in [1.165, 1.54) is 12.4 Å². The SMILES string of the molecule is CS(=O)(=O)NCc1ccc(Nc2cc(-c3ccccc3F)ncn2)cc1. The van der Waals surface area contributed by atoms with E-state index in [1.807, 2.05) is 12.1 Å². The molecule has 3 rings (SSSR count). The van der Waals surface area contributed by atoms with E-state index in [9.17, 15) is 12.8 Å². The minimum absolute atomic E-state index is 0.226. The van der Waals surface area contributed by atoms with Crippen LogP contribution in [0.25, 0.3) is 11.3 Å². The largest absolute Gasteiger partial charge is 0.340 e. The number of aromatic nitrogens is 2. The first-order valence-corrected chi connectivity index (χ1v) is 9.67. The third kappa shape index (κ3) is 4.84. The van der Waals surface area contributed by atoms with E-state index in [2.05, 4.69) is 20.0 Å². The molecule has 2 aromatic carbocycles. The maximum atomic E-state index is 13.9. The van der Waals surface area contributed by atoms with Crippen molar-refractivity contribution in [2.24, 2.45) is 0 Å². The van der Waals surface area contributed by atoms with Gasteiger partial charge in [-0.2, -0.15) is 0 Å². The second kappa shape index (κ2) is 7.59. The van der Waals surface area contributed by atoms with Crippen LogP contribution >= 0.6 is 0 Å². The summed E-state index contributed by atoms with van der Waals surface area (Å²) in [6, 6.07) is 15.3. The van der Waals surface area contributed by atoms with Gasteiger partial charge in [-0.1, -0.05) is 24.3 Å². The van der Waals surface area contributed by atoms with Crippen LogP contribution in [0.2, 0.25) is 0 Å². The molecule has 1 aromatic heterocycles. The number of anilines is 2. The van der Waals surface area contributed by atoms with Crippen molar-refractivity contribution in [2.45, 2.75) is 6.54 Å². The molecule has 0 unspecified atom stereocenters. The summed E-state index contributed by atoms with van der Waals surface area (Å²) in [4.78, 5) is 8.26. The molecule has 0 bridgehead atoms. The molecule has 0 amide bonds. The number of hydrogen-bond donors (Lipinski definition) is 2. The molecule has 134 valence electrons. The van der Waals surface area contributed by atoms with Gasteiger partial charge >= 0.3 is 0 Å². The number of sulfonamides is 1. The average Bonchev–Trinajstić information content (AvgIpc) is 2.61. The molecule has 0 atom stereocenters. The highest BCUT2D eigenvalue weighted by molar-refractivity contribution is 7.88. The third-order valence-electron chi connectivity index (χ3n) is 3.58. The van der Waals surface area contributed by atoms with Gasteiger partial charge in [0, 0.05) is 23.9 Å². The van der Waals surface area contributed by atoms with Crippen LogP contribution in [-0.2, 0) is 16.6 Å². The molecule has 0 saturated carbocycles. The molecular weight excluding hydrogens is 355 g/mol. The van der Waals surface area contributed by atoms with Crippen molar-refractivity contribution >= 4 is 21.5 Å². The molecule has 0 aliphatic carbocycles. The Morgan fingerprint density at radius 1 is 1.04 bits per heavy atom. The molecule has 3 aromatic rings. The summed E-state index contributed by atoms with van der Waals surface area (Å²) in [5.74, 6) is 0.181. The number of nitrogens with one attached hydrogen (secondary N) is 2. The highest BCUT2D eigenvalue weighted by atomic mass is 32.2. The lowest BCUT2D eigenvalue weighted by atomic mass is 10.1. The average molecular weight is 372 g/mol. The quantitative estimate of drug-likeness (QED) is 0.695. The fraction of sp³-hybridized carbons (Fsp3) is 0.111. The van der Waals surface area contributed by atoms with Gasteiger partial charge in [0.2, 0.25) is 10.0 Å². The third-order valence-corrected chi connectivity index (χ3v) is 4.25. The van der Waals surface area contributed by atoms with Crippen molar-refractivity contribution in [3.05, 3.63) is 72.3 Å². The van der Waals surface area contributed by atoms with Gasteiger partial charge in [-0.15, -0.1) is 0 Å². The van der Waals surface area contributed by atoms with Crippen molar-refractivity contribution in [3.63, 3.8) is 0 Å². The fourth-order valence-corrected chi connectivity index (χ4v) is 2.74. The Morgan fingerprint density at radius 2 is 1.77 bits per heavy atom. The summed E-state index contributed by atoms with van der Waals surface area (Å²) in [5, 5.41) is 3.12. The number of halogens is 1. The number of hydrogen-bond acceptors (Lipinski definition) is 5. The van der Waals surface area contributed by atoms with E-state index < -0.39 is 10.0 Å². The van der Waals surface area contributed by atoms with Gasteiger partial charge in [-0.05, 0) is 29.8 Å². The van der Waals surface area contributed by atoms with Gasteiger partial charge in [-0.25, -0.2) is 27.5 Å². The Bertz CT molecular complexity index is 1010. The summed E-state index contributed by atoms with van der Waals surface area (Å²) in [5.41, 5.74) is 2.48. The zero-order valence-corrected chi connectivity index (χ0v) is 14.8. The smallest absolute Gasteiger partial charge is 0.209 e. The zero-order chi connectivity index (χ0) is 18.6. The first-order chi connectivity index (χ1) is 12.4. The predicted molar refractivity (Wildman–Crippen MR) is 98.8 cm³/mol. The molecule has 26 heavy (non-hydrogen) atoms. The summed E-state index contributed by atoms with van der Waals surface area (Å²) >= 11 is 0. The lowest BCUT2D eigenvalue weighted by molar-refractivity contribution is 0.587. The monoisotopic (exact) mass is 372 g/mol. The number of rotatable bonds is 6. The van der Waals surface area contributed by atoms with E-state index >= 15 is 0 Å². The summed E-state index contributed by atoms with van der Waals surface area (Å²) in [6.45, 7) is 0.226. The van der Waals surface area contributed by atoms with E-state index in [4.69, 9.17) is 0 Å². The van der Waals surface area contributed by atoms with Crippen LogP contribution in [0.15, 0.2) is 60.9 Å². The Morgan fingerprint density at radius 3 is 2.46 bits per heavy atom. The second-order valence-corrected chi connectivity index (χ2v) is 7.52. The van der Waals surface area contributed by atoms with E-state index in [0.29, 0.717) is 17.1 Å². The zero-order valence-electron chi connectivity index (χ0n) is 14.0. The normalized spacial score (nSPS) is 11.3. The van der Waals surface area contributed by atoms with Crippen LogP contribution in [-0.4, -0.2) is 24.6 Å². The topological polar surface area (TPSA) is 84.0 Å². The predicted octanol–water partition coefficient (Wildman–Crippen LogP) is 3.08. The van der Waals surface area contributed by atoms with Gasteiger partial charge < -0.3 is 5.32 Å². The first-order valence-electron chi connectivity index (χ1n) is 7.78. The van der Waals surface area contributed by atoms with Gasteiger partial charge in [0.1, 0.15) is 18.0 Å². The van der Waals surface area contributed by atoms with E-state index in [0.717, 1.165) is 17.5 Å². The summed E-state index contributed by atoms with van der Waals surface area (Å²) in [6.07, 6.45) is 2.49. The Kier molecular flexibility index (Phi) is 5.24. The molecule has 6 nitrogen and oxygen atoms in total. The van der Waals surface area contributed by atoms with Crippen molar-refractivity contribution < 1.29 is 12.8 Å². The van der Waals surface area contributed by atoms with Gasteiger partial charge in [0.15, 0.2) is 0 Å². The second-order valence-electron chi connectivity index (χ2n) is 5.68. The lowest BCUT2D eigenvalue weighted by Gasteiger charge is -2.09. The van der Waals surface area contributed by atoms with Crippen LogP contribution in [0.4, 0.5) is 15.9 Å². The molecule has 0 spiro atoms. The highest BCUT2D eigenvalue weighted by Gasteiger charge is 2.07.